The first-order chi connectivity index (χ1) is 10.1. The Morgan fingerprint density at radius 2 is 1.81 bits per heavy atom. The van der Waals surface area contributed by atoms with Crippen molar-refractivity contribution in [2.45, 2.75) is 6.92 Å². The van der Waals surface area contributed by atoms with Gasteiger partial charge < -0.3 is 4.84 Å². The molecule has 1 aliphatic heterocycles. The van der Waals surface area contributed by atoms with Gasteiger partial charge in [-0.3, -0.25) is 0 Å². The molecule has 1 aliphatic rings. The lowest BCUT2D eigenvalue weighted by Gasteiger charge is -2.04. The first-order valence-corrected chi connectivity index (χ1v) is 7.27. The third-order valence-electron chi connectivity index (χ3n) is 3.28. The smallest absolute Gasteiger partial charge is 0.312 e. The molecule has 104 valence electrons. The summed E-state index contributed by atoms with van der Waals surface area (Å²) in [6, 6.07) is 15.5. The number of carbonyl (C=O) groups is 1. The summed E-state index contributed by atoms with van der Waals surface area (Å²) in [6.45, 7) is 1.98. The van der Waals surface area contributed by atoms with Gasteiger partial charge in [0.2, 0.25) is 0 Å². The third kappa shape index (κ3) is 2.81. The van der Waals surface area contributed by atoms with E-state index in [0.29, 0.717) is 11.3 Å². The van der Waals surface area contributed by atoms with Crippen molar-refractivity contribution >= 4 is 33.7 Å². The SMILES string of the molecule is Cc1ccccc1C1=NOC(=O)C1=Cc1ccc(Br)cc1. The van der Waals surface area contributed by atoms with E-state index in [4.69, 9.17) is 4.84 Å². The topological polar surface area (TPSA) is 38.7 Å². The van der Waals surface area contributed by atoms with Gasteiger partial charge in [-0.05, 0) is 36.3 Å². The van der Waals surface area contributed by atoms with Crippen molar-refractivity contribution in [3.63, 3.8) is 0 Å². The van der Waals surface area contributed by atoms with Crippen LogP contribution in [-0.4, -0.2) is 11.7 Å². The summed E-state index contributed by atoms with van der Waals surface area (Å²) in [5.41, 5.74) is 3.95. The van der Waals surface area contributed by atoms with Crippen molar-refractivity contribution < 1.29 is 9.63 Å². The molecule has 0 saturated heterocycles. The summed E-state index contributed by atoms with van der Waals surface area (Å²) in [5.74, 6) is -0.420. The standard InChI is InChI=1S/C17H12BrNO2/c1-11-4-2-3-5-14(11)16-15(17(20)21-19-16)10-12-6-8-13(18)9-7-12/h2-10H,1H3. The number of carbonyl (C=O) groups excluding carboxylic acids is 1. The van der Waals surface area contributed by atoms with Gasteiger partial charge in [0.1, 0.15) is 5.71 Å². The minimum absolute atomic E-state index is 0.420. The van der Waals surface area contributed by atoms with E-state index in [0.717, 1.165) is 21.2 Å². The number of nitrogens with zero attached hydrogens (tertiary/aromatic N) is 1. The van der Waals surface area contributed by atoms with E-state index in [-0.39, 0.29) is 0 Å². The molecule has 0 bridgehead atoms. The third-order valence-corrected chi connectivity index (χ3v) is 3.80. The largest absolute Gasteiger partial charge is 0.368 e. The van der Waals surface area contributed by atoms with Crippen molar-refractivity contribution in [2.24, 2.45) is 5.16 Å². The molecule has 0 aliphatic carbocycles. The Kier molecular flexibility index (Phi) is 3.71. The van der Waals surface area contributed by atoms with Crippen LogP contribution in [0.1, 0.15) is 16.7 Å². The van der Waals surface area contributed by atoms with E-state index in [9.17, 15) is 4.79 Å². The lowest BCUT2D eigenvalue weighted by Crippen LogP contribution is -2.08. The summed E-state index contributed by atoms with van der Waals surface area (Å²) in [6.07, 6.45) is 1.80. The molecule has 21 heavy (non-hydrogen) atoms. The van der Waals surface area contributed by atoms with E-state index in [1.54, 1.807) is 6.08 Å². The molecule has 0 aromatic heterocycles. The molecule has 0 radical (unpaired) electrons. The molecule has 0 amide bonds. The van der Waals surface area contributed by atoms with Crippen LogP contribution in [0, 0.1) is 6.92 Å². The van der Waals surface area contributed by atoms with Gasteiger partial charge in [0.05, 0.1) is 5.57 Å². The lowest BCUT2D eigenvalue weighted by molar-refractivity contribution is -0.136. The second-order valence-corrected chi connectivity index (χ2v) is 5.66. The monoisotopic (exact) mass is 341 g/mol. The summed E-state index contributed by atoms with van der Waals surface area (Å²) < 4.78 is 0.992. The molecule has 2 aromatic rings. The first-order valence-electron chi connectivity index (χ1n) is 6.48. The molecule has 0 N–H and O–H groups in total. The maximum absolute atomic E-state index is 11.9. The maximum atomic E-state index is 11.9. The van der Waals surface area contributed by atoms with Gasteiger partial charge in [0.25, 0.3) is 0 Å². The van der Waals surface area contributed by atoms with Crippen LogP contribution in [0.3, 0.4) is 0 Å². The van der Waals surface area contributed by atoms with Gasteiger partial charge in [0, 0.05) is 10.0 Å². The van der Waals surface area contributed by atoms with Crippen LogP contribution >= 0.6 is 15.9 Å². The van der Waals surface area contributed by atoms with Crippen molar-refractivity contribution in [1.82, 2.24) is 0 Å². The highest BCUT2D eigenvalue weighted by Gasteiger charge is 2.27. The normalized spacial score (nSPS) is 16.0. The molecular formula is C17H12BrNO2. The summed E-state index contributed by atoms with van der Waals surface area (Å²) in [7, 11) is 0. The Morgan fingerprint density at radius 3 is 2.52 bits per heavy atom. The molecular weight excluding hydrogens is 330 g/mol. The predicted molar refractivity (Wildman–Crippen MR) is 85.9 cm³/mol. The molecule has 3 rings (SSSR count). The lowest BCUT2D eigenvalue weighted by atomic mass is 9.97. The predicted octanol–water partition coefficient (Wildman–Crippen LogP) is 4.10. The minimum atomic E-state index is -0.420. The number of oxime groups is 1. The Labute approximate surface area is 131 Å². The minimum Gasteiger partial charge on any atom is -0.312 e. The van der Waals surface area contributed by atoms with Gasteiger partial charge >= 0.3 is 5.97 Å². The Bertz CT molecular complexity index is 761. The summed E-state index contributed by atoms with van der Waals surface area (Å²) in [5, 5.41) is 3.93. The van der Waals surface area contributed by atoms with E-state index in [1.807, 2.05) is 55.5 Å². The highest BCUT2D eigenvalue weighted by Crippen LogP contribution is 2.23. The quantitative estimate of drug-likeness (QED) is 0.609. The zero-order valence-electron chi connectivity index (χ0n) is 11.3. The number of hydrogen-bond donors (Lipinski definition) is 0. The molecule has 3 nitrogen and oxygen atoms in total. The van der Waals surface area contributed by atoms with Gasteiger partial charge in [-0.1, -0.05) is 57.5 Å². The van der Waals surface area contributed by atoms with Crippen molar-refractivity contribution in [2.75, 3.05) is 0 Å². The fraction of sp³-hybridized carbons (Fsp3) is 0.0588. The number of aryl methyl sites for hydroxylation is 1. The fourth-order valence-corrected chi connectivity index (χ4v) is 2.43. The highest BCUT2D eigenvalue weighted by atomic mass is 79.9. The Hall–Kier alpha value is -2.20. The number of hydrogen-bond acceptors (Lipinski definition) is 3. The zero-order chi connectivity index (χ0) is 14.8. The van der Waals surface area contributed by atoms with E-state index >= 15 is 0 Å². The van der Waals surface area contributed by atoms with E-state index in [1.165, 1.54) is 0 Å². The first kappa shape index (κ1) is 13.8. The van der Waals surface area contributed by atoms with Gasteiger partial charge in [-0.2, -0.15) is 0 Å². The molecule has 0 saturated carbocycles. The Balaban J connectivity index is 2.04. The van der Waals surface area contributed by atoms with Gasteiger partial charge in [0.15, 0.2) is 0 Å². The van der Waals surface area contributed by atoms with Gasteiger partial charge in [-0.25, -0.2) is 4.79 Å². The van der Waals surface area contributed by atoms with Crippen molar-refractivity contribution in [1.29, 1.82) is 0 Å². The molecule has 0 unspecified atom stereocenters. The van der Waals surface area contributed by atoms with Gasteiger partial charge in [-0.15, -0.1) is 0 Å². The van der Waals surface area contributed by atoms with E-state index < -0.39 is 5.97 Å². The number of halogens is 1. The van der Waals surface area contributed by atoms with Crippen LogP contribution in [0.2, 0.25) is 0 Å². The molecule has 1 heterocycles. The van der Waals surface area contributed by atoms with Crippen LogP contribution in [0.25, 0.3) is 6.08 Å². The zero-order valence-corrected chi connectivity index (χ0v) is 12.9. The molecule has 0 fully saturated rings. The highest BCUT2D eigenvalue weighted by molar-refractivity contribution is 9.10. The molecule has 2 aromatic carbocycles. The van der Waals surface area contributed by atoms with Crippen LogP contribution in [0.5, 0.6) is 0 Å². The molecule has 0 spiro atoms. The fourth-order valence-electron chi connectivity index (χ4n) is 2.17. The maximum Gasteiger partial charge on any atom is 0.368 e. The van der Waals surface area contributed by atoms with Crippen LogP contribution in [0.4, 0.5) is 0 Å². The summed E-state index contributed by atoms with van der Waals surface area (Å²) >= 11 is 3.39. The molecule has 0 atom stereocenters. The average Bonchev–Trinajstić information content (AvgIpc) is 2.83. The number of rotatable bonds is 2. The number of benzene rings is 2. The second kappa shape index (κ2) is 5.66. The van der Waals surface area contributed by atoms with Crippen molar-refractivity contribution in [3.8, 4) is 0 Å². The van der Waals surface area contributed by atoms with Crippen molar-refractivity contribution in [3.05, 3.63) is 75.3 Å². The van der Waals surface area contributed by atoms with Crippen LogP contribution in [-0.2, 0) is 9.63 Å². The molecule has 4 heteroatoms. The second-order valence-electron chi connectivity index (χ2n) is 4.74. The summed E-state index contributed by atoms with van der Waals surface area (Å²) in [4.78, 5) is 16.8. The Morgan fingerprint density at radius 1 is 1.10 bits per heavy atom. The van der Waals surface area contributed by atoms with Crippen LogP contribution in [0.15, 0.2) is 63.7 Å². The average molecular weight is 342 g/mol. The van der Waals surface area contributed by atoms with E-state index in [2.05, 4.69) is 21.1 Å². The van der Waals surface area contributed by atoms with Crippen LogP contribution < -0.4 is 0 Å².